The zero-order valence-electron chi connectivity index (χ0n) is 12.5. The summed E-state index contributed by atoms with van der Waals surface area (Å²) in [5, 5.41) is 5.84. The fourth-order valence-electron chi connectivity index (χ4n) is 2.51. The van der Waals surface area contributed by atoms with Gasteiger partial charge in [-0.3, -0.25) is 9.69 Å². The lowest BCUT2D eigenvalue weighted by atomic mass is 10.1. The summed E-state index contributed by atoms with van der Waals surface area (Å²) < 4.78 is 10.8. The van der Waals surface area contributed by atoms with E-state index in [1.165, 1.54) is 11.3 Å². The first-order valence-corrected chi connectivity index (χ1v) is 8.34. The monoisotopic (exact) mass is 321 g/mol. The fraction of sp³-hybridized carbons (Fsp3) is 0.533. The number of Topliss-reactive ketones (excluding diaryl/α,β-unsaturated/α-hetero) is 1. The normalized spacial score (nSPS) is 19.4. The van der Waals surface area contributed by atoms with E-state index in [0.717, 1.165) is 23.7 Å². The number of ketones is 1. The van der Waals surface area contributed by atoms with Crippen LogP contribution in [0.15, 0.2) is 22.0 Å². The van der Waals surface area contributed by atoms with E-state index in [1.54, 1.807) is 0 Å². The molecule has 1 atom stereocenters. The Morgan fingerprint density at radius 3 is 3.18 bits per heavy atom. The fourth-order valence-corrected chi connectivity index (χ4v) is 3.18. The van der Waals surface area contributed by atoms with E-state index in [1.807, 2.05) is 24.4 Å². The van der Waals surface area contributed by atoms with Crippen LogP contribution < -0.4 is 0 Å². The number of hydrogen-bond donors (Lipinski definition) is 0. The van der Waals surface area contributed by atoms with Crippen LogP contribution in [0.4, 0.5) is 0 Å². The number of ether oxygens (including phenoxy) is 1. The van der Waals surface area contributed by atoms with Gasteiger partial charge in [-0.05, 0) is 11.4 Å². The van der Waals surface area contributed by atoms with Gasteiger partial charge < -0.3 is 9.26 Å². The lowest BCUT2D eigenvalue weighted by Gasteiger charge is -2.34. The number of rotatable bonds is 6. The van der Waals surface area contributed by atoms with Gasteiger partial charge in [0.05, 0.1) is 24.6 Å². The van der Waals surface area contributed by atoms with Gasteiger partial charge in [-0.15, -0.1) is 11.3 Å². The molecule has 118 valence electrons. The number of aromatic nitrogens is 2. The molecule has 1 aliphatic heterocycles. The minimum absolute atomic E-state index is 0.0559. The molecule has 3 heterocycles. The van der Waals surface area contributed by atoms with Crippen LogP contribution in [-0.2, 0) is 17.7 Å². The summed E-state index contributed by atoms with van der Waals surface area (Å²) in [6.07, 6.45) is 1.21. The van der Waals surface area contributed by atoms with Crippen molar-refractivity contribution in [3.63, 3.8) is 0 Å². The minimum Gasteiger partial charge on any atom is -0.378 e. The van der Waals surface area contributed by atoms with Crippen molar-refractivity contribution in [1.82, 2.24) is 15.0 Å². The average molecular weight is 321 g/mol. The Kier molecular flexibility index (Phi) is 4.97. The number of aryl methyl sites for hydroxylation is 1. The minimum atomic E-state index is 0.0559. The van der Waals surface area contributed by atoms with Gasteiger partial charge in [0.25, 0.3) is 0 Å². The molecule has 0 amide bonds. The van der Waals surface area contributed by atoms with E-state index in [9.17, 15) is 4.79 Å². The van der Waals surface area contributed by atoms with E-state index in [2.05, 4.69) is 15.0 Å². The SMILES string of the molecule is CCc1noc(CN2CCOCC2CC(=O)c2cccs2)n1. The second kappa shape index (κ2) is 7.13. The Balaban J connectivity index is 1.64. The molecule has 1 fully saturated rings. The maximum Gasteiger partial charge on any atom is 0.240 e. The van der Waals surface area contributed by atoms with Gasteiger partial charge in [0, 0.05) is 25.4 Å². The van der Waals surface area contributed by atoms with Gasteiger partial charge in [0.1, 0.15) is 0 Å². The smallest absolute Gasteiger partial charge is 0.240 e. The van der Waals surface area contributed by atoms with Crippen molar-refractivity contribution >= 4 is 17.1 Å². The molecule has 22 heavy (non-hydrogen) atoms. The van der Waals surface area contributed by atoms with Crippen molar-refractivity contribution in [3.8, 4) is 0 Å². The van der Waals surface area contributed by atoms with E-state index in [4.69, 9.17) is 9.26 Å². The maximum absolute atomic E-state index is 12.3. The average Bonchev–Trinajstić information content (AvgIpc) is 3.20. The molecule has 7 heteroatoms. The topological polar surface area (TPSA) is 68.5 Å². The van der Waals surface area contributed by atoms with Crippen LogP contribution in [0.25, 0.3) is 0 Å². The predicted octanol–water partition coefficient (Wildman–Crippen LogP) is 2.17. The zero-order chi connectivity index (χ0) is 15.4. The third kappa shape index (κ3) is 3.60. The molecule has 1 unspecified atom stereocenters. The van der Waals surface area contributed by atoms with Crippen molar-refractivity contribution in [2.45, 2.75) is 32.4 Å². The molecule has 0 spiro atoms. The van der Waals surface area contributed by atoms with Crippen molar-refractivity contribution in [2.75, 3.05) is 19.8 Å². The molecule has 0 aliphatic carbocycles. The van der Waals surface area contributed by atoms with Crippen molar-refractivity contribution in [1.29, 1.82) is 0 Å². The van der Waals surface area contributed by atoms with E-state index >= 15 is 0 Å². The summed E-state index contributed by atoms with van der Waals surface area (Å²) in [5.74, 6) is 1.48. The molecule has 0 N–H and O–H groups in total. The van der Waals surface area contributed by atoms with Crippen LogP contribution in [-0.4, -0.2) is 46.6 Å². The molecular weight excluding hydrogens is 302 g/mol. The Bertz CT molecular complexity index is 611. The largest absolute Gasteiger partial charge is 0.378 e. The predicted molar refractivity (Wildman–Crippen MR) is 82.0 cm³/mol. The van der Waals surface area contributed by atoms with Crippen LogP contribution >= 0.6 is 11.3 Å². The summed E-state index contributed by atoms with van der Waals surface area (Å²) in [5.41, 5.74) is 0. The third-order valence-corrected chi connectivity index (χ3v) is 4.64. The summed E-state index contributed by atoms with van der Waals surface area (Å²) in [4.78, 5) is 19.6. The molecule has 6 nitrogen and oxygen atoms in total. The molecule has 0 saturated carbocycles. The molecule has 2 aromatic heterocycles. The third-order valence-electron chi connectivity index (χ3n) is 3.73. The number of carbonyl (C=O) groups excluding carboxylic acids is 1. The van der Waals surface area contributed by atoms with Gasteiger partial charge in [-0.1, -0.05) is 18.1 Å². The van der Waals surface area contributed by atoms with Gasteiger partial charge >= 0.3 is 0 Å². The highest BCUT2D eigenvalue weighted by Gasteiger charge is 2.27. The van der Waals surface area contributed by atoms with Gasteiger partial charge in [0.15, 0.2) is 11.6 Å². The van der Waals surface area contributed by atoms with Crippen LogP contribution in [0, 0.1) is 0 Å². The van der Waals surface area contributed by atoms with Crippen molar-refractivity contribution in [3.05, 3.63) is 34.1 Å². The van der Waals surface area contributed by atoms with Crippen molar-refractivity contribution in [2.24, 2.45) is 0 Å². The zero-order valence-corrected chi connectivity index (χ0v) is 13.3. The molecule has 0 aromatic carbocycles. The summed E-state index contributed by atoms with van der Waals surface area (Å²) >= 11 is 1.48. The Hall–Kier alpha value is -1.57. The molecule has 0 bridgehead atoms. The first kappa shape index (κ1) is 15.3. The second-order valence-electron chi connectivity index (χ2n) is 5.26. The van der Waals surface area contributed by atoms with Crippen LogP contribution in [0.2, 0.25) is 0 Å². The molecule has 2 aromatic rings. The van der Waals surface area contributed by atoms with Crippen LogP contribution in [0.1, 0.15) is 34.7 Å². The van der Waals surface area contributed by atoms with Crippen molar-refractivity contribution < 1.29 is 14.1 Å². The molecule has 1 saturated heterocycles. The molecule has 1 aliphatic rings. The number of nitrogens with zero attached hydrogens (tertiary/aromatic N) is 3. The quantitative estimate of drug-likeness (QED) is 0.760. The second-order valence-corrected chi connectivity index (χ2v) is 6.21. The van der Waals surface area contributed by atoms with Gasteiger partial charge in [0.2, 0.25) is 5.89 Å². The maximum atomic E-state index is 12.3. The lowest BCUT2D eigenvalue weighted by Crippen LogP contribution is -2.45. The summed E-state index contributed by atoms with van der Waals surface area (Å²) in [6, 6.07) is 3.82. The first-order valence-electron chi connectivity index (χ1n) is 7.46. The van der Waals surface area contributed by atoms with Crippen LogP contribution in [0.5, 0.6) is 0 Å². The summed E-state index contributed by atoms with van der Waals surface area (Å²) in [6.45, 7) is 4.56. The number of morpholine rings is 1. The summed E-state index contributed by atoms with van der Waals surface area (Å²) in [7, 11) is 0. The van der Waals surface area contributed by atoms with Crippen LogP contribution in [0.3, 0.4) is 0 Å². The number of carbonyl (C=O) groups is 1. The van der Waals surface area contributed by atoms with E-state index < -0.39 is 0 Å². The Morgan fingerprint density at radius 2 is 2.45 bits per heavy atom. The first-order chi connectivity index (χ1) is 10.8. The highest BCUT2D eigenvalue weighted by Crippen LogP contribution is 2.19. The number of hydrogen-bond acceptors (Lipinski definition) is 7. The molecule has 3 rings (SSSR count). The molecule has 0 radical (unpaired) electrons. The lowest BCUT2D eigenvalue weighted by molar-refractivity contribution is -0.0164. The van der Waals surface area contributed by atoms with Gasteiger partial charge in [-0.25, -0.2) is 0 Å². The Morgan fingerprint density at radius 1 is 1.55 bits per heavy atom. The number of thiophene rings is 1. The highest BCUT2D eigenvalue weighted by molar-refractivity contribution is 7.12. The standard InChI is InChI=1S/C15H19N3O3S/c1-2-14-16-15(21-17-14)9-18-5-6-20-10-11(18)8-12(19)13-4-3-7-22-13/h3-4,7,11H,2,5-6,8-10H2,1H3. The highest BCUT2D eigenvalue weighted by atomic mass is 32.1. The van der Waals surface area contributed by atoms with Gasteiger partial charge in [-0.2, -0.15) is 4.98 Å². The Labute approximate surface area is 133 Å². The van der Waals surface area contributed by atoms with E-state index in [-0.39, 0.29) is 11.8 Å². The van der Waals surface area contributed by atoms with E-state index in [0.29, 0.717) is 32.1 Å². The molecular formula is C15H19N3O3S.